The van der Waals surface area contributed by atoms with Crippen molar-refractivity contribution in [2.45, 2.75) is 26.0 Å². The fourth-order valence-electron chi connectivity index (χ4n) is 1.41. The zero-order chi connectivity index (χ0) is 12.1. The van der Waals surface area contributed by atoms with Crippen LogP contribution in [0.15, 0.2) is 24.3 Å². The van der Waals surface area contributed by atoms with E-state index in [1.807, 2.05) is 38.1 Å². The Balaban J connectivity index is 2.66. The SMILES string of the molecule is CC(C)Oc1ccc(C(N)CS(C)=O)cc1. The highest BCUT2D eigenvalue weighted by Gasteiger charge is 2.08. The maximum atomic E-state index is 11.0. The zero-order valence-corrected chi connectivity index (χ0v) is 10.8. The molecule has 0 amide bonds. The van der Waals surface area contributed by atoms with Crippen LogP contribution in [0.25, 0.3) is 0 Å². The van der Waals surface area contributed by atoms with E-state index in [2.05, 4.69) is 0 Å². The van der Waals surface area contributed by atoms with E-state index in [4.69, 9.17) is 10.5 Å². The van der Waals surface area contributed by atoms with Gasteiger partial charge in [0.25, 0.3) is 0 Å². The van der Waals surface area contributed by atoms with E-state index in [9.17, 15) is 4.21 Å². The van der Waals surface area contributed by atoms with Crippen molar-refractivity contribution >= 4 is 10.8 Å². The summed E-state index contributed by atoms with van der Waals surface area (Å²) < 4.78 is 16.6. The topological polar surface area (TPSA) is 52.3 Å². The zero-order valence-electron chi connectivity index (χ0n) is 9.97. The minimum absolute atomic E-state index is 0.168. The maximum Gasteiger partial charge on any atom is 0.119 e. The van der Waals surface area contributed by atoms with Gasteiger partial charge in [-0.05, 0) is 31.5 Å². The highest BCUT2D eigenvalue weighted by molar-refractivity contribution is 7.84. The third-order valence-corrected chi connectivity index (χ3v) is 2.92. The Morgan fingerprint density at radius 1 is 1.31 bits per heavy atom. The smallest absolute Gasteiger partial charge is 0.119 e. The first-order valence-electron chi connectivity index (χ1n) is 5.31. The summed E-state index contributed by atoms with van der Waals surface area (Å²) in [4.78, 5) is 0. The Kier molecular flexibility index (Phi) is 4.96. The molecule has 3 nitrogen and oxygen atoms in total. The summed E-state index contributed by atoms with van der Waals surface area (Å²) in [7, 11) is -0.867. The van der Waals surface area contributed by atoms with Gasteiger partial charge in [0.15, 0.2) is 0 Å². The first-order chi connectivity index (χ1) is 7.49. The minimum Gasteiger partial charge on any atom is -0.491 e. The molecule has 0 spiro atoms. The number of rotatable bonds is 5. The molecule has 4 heteroatoms. The second kappa shape index (κ2) is 6.01. The van der Waals surface area contributed by atoms with Gasteiger partial charge < -0.3 is 10.5 Å². The van der Waals surface area contributed by atoms with Crippen LogP contribution in [0, 0.1) is 0 Å². The van der Waals surface area contributed by atoms with E-state index in [-0.39, 0.29) is 12.1 Å². The second-order valence-corrected chi connectivity index (χ2v) is 5.56. The first kappa shape index (κ1) is 13.2. The molecule has 1 aromatic rings. The fourth-order valence-corrected chi connectivity index (χ4v) is 2.11. The number of benzene rings is 1. The third-order valence-electron chi connectivity index (χ3n) is 2.09. The van der Waals surface area contributed by atoms with Crippen LogP contribution < -0.4 is 10.5 Å². The molecule has 0 saturated heterocycles. The Labute approximate surface area is 99.4 Å². The van der Waals surface area contributed by atoms with Crippen LogP contribution in [0.1, 0.15) is 25.5 Å². The van der Waals surface area contributed by atoms with Gasteiger partial charge in [0.1, 0.15) is 5.75 Å². The van der Waals surface area contributed by atoms with Gasteiger partial charge in [-0.15, -0.1) is 0 Å². The van der Waals surface area contributed by atoms with Crippen molar-refractivity contribution in [3.05, 3.63) is 29.8 Å². The van der Waals surface area contributed by atoms with Crippen LogP contribution >= 0.6 is 0 Å². The molecular formula is C12H19NO2S. The largest absolute Gasteiger partial charge is 0.491 e. The lowest BCUT2D eigenvalue weighted by atomic mass is 10.1. The van der Waals surface area contributed by atoms with Gasteiger partial charge in [0.2, 0.25) is 0 Å². The molecule has 0 radical (unpaired) electrons. The van der Waals surface area contributed by atoms with E-state index in [1.165, 1.54) is 0 Å². The van der Waals surface area contributed by atoms with Gasteiger partial charge >= 0.3 is 0 Å². The Morgan fingerprint density at radius 3 is 2.31 bits per heavy atom. The van der Waals surface area contributed by atoms with E-state index in [1.54, 1.807) is 6.26 Å². The Morgan fingerprint density at radius 2 is 1.88 bits per heavy atom. The summed E-state index contributed by atoms with van der Waals surface area (Å²) in [5.74, 6) is 1.33. The average molecular weight is 241 g/mol. The van der Waals surface area contributed by atoms with Gasteiger partial charge in [-0.25, -0.2) is 0 Å². The molecule has 0 bridgehead atoms. The van der Waals surface area contributed by atoms with Crippen LogP contribution in [0.2, 0.25) is 0 Å². The standard InChI is InChI=1S/C12H19NO2S/c1-9(2)15-11-6-4-10(5-7-11)12(13)8-16(3)14/h4-7,9,12H,8,13H2,1-3H3. The van der Waals surface area contributed by atoms with Gasteiger partial charge in [-0.2, -0.15) is 0 Å². The summed E-state index contributed by atoms with van der Waals surface area (Å²) in [5, 5.41) is 0. The second-order valence-electron chi connectivity index (χ2n) is 4.08. The molecule has 2 unspecified atom stereocenters. The number of hydrogen-bond donors (Lipinski definition) is 1. The molecule has 0 aliphatic carbocycles. The number of nitrogens with two attached hydrogens (primary N) is 1. The van der Waals surface area contributed by atoms with Crippen molar-refractivity contribution in [2.75, 3.05) is 12.0 Å². The summed E-state index contributed by atoms with van der Waals surface area (Å²) in [6.45, 7) is 3.97. The monoisotopic (exact) mass is 241 g/mol. The predicted octanol–water partition coefficient (Wildman–Crippen LogP) is 1.85. The molecule has 0 heterocycles. The molecule has 0 fully saturated rings. The average Bonchev–Trinajstić information content (AvgIpc) is 2.16. The molecular weight excluding hydrogens is 222 g/mol. The van der Waals surface area contributed by atoms with E-state index in [0.29, 0.717) is 5.75 Å². The summed E-state index contributed by atoms with van der Waals surface area (Å²) in [6.07, 6.45) is 1.83. The molecule has 0 saturated carbocycles. The molecule has 0 aromatic heterocycles. The highest BCUT2D eigenvalue weighted by Crippen LogP contribution is 2.17. The molecule has 2 atom stereocenters. The normalized spacial score (nSPS) is 14.8. The molecule has 16 heavy (non-hydrogen) atoms. The van der Waals surface area contributed by atoms with Gasteiger partial charge in [-0.3, -0.25) is 4.21 Å². The van der Waals surface area contributed by atoms with Crippen LogP contribution in [-0.4, -0.2) is 22.3 Å². The van der Waals surface area contributed by atoms with Crippen LogP contribution in [-0.2, 0) is 10.8 Å². The molecule has 1 aromatic carbocycles. The van der Waals surface area contributed by atoms with Gasteiger partial charge in [0.05, 0.1) is 6.10 Å². The Hall–Kier alpha value is -0.870. The van der Waals surface area contributed by atoms with Crippen molar-refractivity contribution in [2.24, 2.45) is 5.73 Å². The molecule has 2 N–H and O–H groups in total. The van der Waals surface area contributed by atoms with Gasteiger partial charge in [0, 0.05) is 28.9 Å². The van der Waals surface area contributed by atoms with Crippen molar-refractivity contribution in [3.63, 3.8) is 0 Å². The van der Waals surface area contributed by atoms with Crippen molar-refractivity contribution in [1.82, 2.24) is 0 Å². The molecule has 1 rings (SSSR count). The summed E-state index contributed by atoms with van der Waals surface area (Å²) in [6, 6.07) is 7.48. The summed E-state index contributed by atoms with van der Waals surface area (Å²) >= 11 is 0. The minimum atomic E-state index is -0.867. The molecule has 0 aliphatic heterocycles. The number of hydrogen-bond acceptors (Lipinski definition) is 3. The van der Waals surface area contributed by atoms with Crippen molar-refractivity contribution < 1.29 is 8.95 Å². The summed E-state index contributed by atoms with van der Waals surface area (Å²) in [5.41, 5.74) is 6.91. The van der Waals surface area contributed by atoms with Crippen molar-refractivity contribution in [3.8, 4) is 5.75 Å². The molecule has 0 aliphatic rings. The van der Waals surface area contributed by atoms with Crippen LogP contribution in [0.5, 0.6) is 5.75 Å². The number of ether oxygens (including phenoxy) is 1. The van der Waals surface area contributed by atoms with Crippen LogP contribution in [0.4, 0.5) is 0 Å². The predicted molar refractivity (Wildman–Crippen MR) is 68.1 cm³/mol. The van der Waals surface area contributed by atoms with Crippen molar-refractivity contribution in [1.29, 1.82) is 0 Å². The maximum absolute atomic E-state index is 11.0. The lowest BCUT2D eigenvalue weighted by molar-refractivity contribution is 0.242. The molecule has 90 valence electrons. The van der Waals surface area contributed by atoms with E-state index < -0.39 is 10.8 Å². The van der Waals surface area contributed by atoms with Gasteiger partial charge in [-0.1, -0.05) is 12.1 Å². The quantitative estimate of drug-likeness (QED) is 0.856. The van der Waals surface area contributed by atoms with E-state index in [0.717, 1.165) is 11.3 Å². The highest BCUT2D eigenvalue weighted by atomic mass is 32.2. The lowest BCUT2D eigenvalue weighted by Crippen LogP contribution is -2.17. The Bertz CT molecular complexity index is 349. The van der Waals surface area contributed by atoms with E-state index >= 15 is 0 Å². The third kappa shape index (κ3) is 4.33. The first-order valence-corrected chi connectivity index (χ1v) is 7.04. The van der Waals surface area contributed by atoms with Crippen LogP contribution in [0.3, 0.4) is 0 Å². The fraction of sp³-hybridized carbons (Fsp3) is 0.500. The lowest BCUT2D eigenvalue weighted by Gasteiger charge is -2.13.